The molecule has 0 fully saturated rings. The first-order chi connectivity index (χ1) is 4.20. The first-order valence-electron chi connectivity index (χ1n) is 2.14. The van der Waals surface area contributed by atoms with Gasteiger partial charge < -0.3 is 4.74 Å². The summed E-state index contributed by atoms with van der Waals surface area (Å²) in [5, 5.41) is 0. The molecule has 0 heterocycles. The topological polar surface area (TPSA) is 9.23 Å². The van der Waals surface area contributed by atoms with Crippen LogP contribution in [0.2, 0.25) is 0 Å². The van der Waals surface area contributed by atoms with Gasteiger partial charge in [0.2, 0.25) is 0 Å². The van der Waals surface area contributed by atoms with E-state index in [1.807, 2.05) is 0 Å². The molecule has 0 aromatic rings. The highest BCUT2D eigenvalue weighted by Crippen LogP contribution is 2.02. The average molecular weight is 158 g/mol. The highest BCUT2D eigenvalue weighted by Gasteiger charge is 2.01. The van der Waals surface area contributed by atoms with E-state index in [0.29, 0.717) is 0 Å². The van der Waals surface area contributed by atoms with Gasteiger partial charge in [0, 0.05) is 0 Å². The van der Waals surface area contributed by atoms with Crippen molar-refractivity contribution < 1.29 is 4.74 Å². The molecular weight excluding hydrogens is 152 g/mol. The number of terminal acetylenes is 2. The van der Waals surface area contributed by atoms with Crippen molar-refractivity contribution in [3.63, 3.8) is 0 Å². The van der Waals surface area contributed by atoms with E-state index < -0.39 is 10.9 Å². The molecular formula is C6H6OS2. The molecule has 0 N–H and O–H groups in total. The van der Waals surface area contributed by atoms with Crippen LogP contribution >= 0.6 is 25.3 Å². The van der Waals surface area contributed by atoms with Gasteiger partial charge in [0.05, 0.1) is 0 Å². The molecule has 0 spiro atoms. The average Bonchev–Trinajstić information content (AvgIpc) is 1.87. The molecule has 0 bridgehead atoms. The standard InChI is InChI=1S/C6H6OS2/c1-3-5(8)7-6(9)4-2/h1-2,5-6,8-9H. The Bertz CT molecular complexity index is 135. The third kappa shape index (κ3) is 4.29. The highest BCUT2D eigenvalue weighted by atomic mass is 32.1. The lowest BCUT2D eigenvalue weighted by atomic mass is 10.7. The van der Waals surface area contributed by atoms with E-state index in [1.54, 1.807) is 0 Å². The van der Waals surface area contributed by atoms with E-state index in [2.05, 4.69) is 37.1 Å². The summed E-state index contributed by atoms with van der Waals surface area (Å²) < 4.78 is 4.80. The Morgan fingerprint density at radius 2 is 1.44 bits per heavy atom. The van der Waals surface area contributed by atoms with Crippen LogP contribution in [0.3, 0.4) is 0 Å². The van der Waals surface area contributed by atoms with E-state index in [0.717, 1.165) is 0 Å². The van der Waals surface area contributed by atoms with Gasteiger partial charge in [0.15, 0.2) is 10.9 Å². The molecule has 0 saturated heterocycles. The molecule has 0 aliphatic rings. The number of hydrogen-bond acceptors (Lipinski definition) is 3. The minimum absolute atomic E-state index is 0.566. The molecule has 0 aliphatic carbocycles. The Morgan fingerprint density at radius 1 is 1.11 bits per heavy atom. The van der Waals surface area contributed by atoms with Gasteiger partial charge in [0.25, 0.3) is 0 Å². The normalized spacial score (nSPS) is 15.1. The van der Waals surface area contributed by atoms with Gasteiger partial charge in [0.1, 0.15) is 0 Å². The molecule has 0 rings (SSSR count). The molecule has 48 valence electrons. The number of hydrogen-bond donors (Lipinski definition) is 2. The summed E-state index contributed by atoms with van der Waals surface area (Å²) in [5.41, 5.74) is -1.13. The molecule has 1 nitrogen and oxygen atoms in total. The Labute approximate surface area is 66.0 Å². The van der Waals surface area contributed by atoms with Crippen molar-refractivity contribution in [1.82, 2.24) is 0 Å². The van der Waals surface area contributed by atoms with Crippen LogP contribution < -0.4 is 0 Å². The molecule has 2 atom stereocenters. The van der Waals surface area contributed by atoms with Gasteiger partial charge in [-0.05, 0) is 0 Å². The Morgan fingerprint density at radius 3 is 1.67 bits per heavy atom. The van der Waals surface area contributed by atoms with Crippen LogP contribution in [-0.4, -0.2) is 10.9 Å². The molecule has 3 heteroatoms. The zero-order valence-corrected chi connectivity index (χ0v) is 6.40. The monoisotopic (exact) mass is 158 g/mol. The number of thiol groups is 2. The summed E-state index contributed by atoms with van der Waals surface area (Å²) in [7, 11) is 0. The van der Waals surface area contributed by atoms with Crippen molar-refractivity contribution in [2.24, 2.45) is 0 Å². The maximum atomic E-state index is 4.92. The lowest BCUT2D eigenvalue weighted by molar-refractivity contribution is 0.160. The zero-order chi connectivity index (χ0) is 7.28. The lowest BCUT2D eigenvalue weighted by Crippen LogP contribution is -2.08. The fourth-order valence-electron chi connectivity index (χ4n) is 0.201. The van der Waals surface area contributed by atoms with Crippen LogP contribution in [0.1, 0.15) is 0 Å². The second kappa shape index (κ2) is 4.64. The van der Waals surface area contributed by atoms with Crippen LogP contribution in [0.4, 0.5) is 0 Å². The van der Waals surface area contributed by atoms with Crippen molar-refractivity contribution in [2.45, 2.75) is 10.9 Å². The van der Waals surface area contributed by atoms with E-state index in [9.17, 15) is 0 Å². The van der Waals surface area contributed by atoms with Gasteiger partial charge in [-0.1, -0.05) is 11.8 Å². The third-order valence-corrected chi connectivity index (χ3v) is 1.08. The van der Waals surface area contributed by atoms with E-state index in [4.69, 9.17) is 17.6 Å². The number of ether oxygens (including phenoxy) is 1. The second-order valence-corrected chi connectivity index (χ2v) is 2.11. The molecule has 0 aromatic carbocycles. The fraction of sp³-hybridized carbons (Fsp3) is 0.333. The number of rotatable bonds is 2. The third-order valence-electron chi connectivity index (χ3n) is 0.543. The Hall–Kier alpha value is -0.220. The molecule has 0 aromatic heterocycles. The quantitative estimate of drug-likeness (QED) is 0.343. The summed E-state index contributed by atoms with van der Waals surface area (Å²) in [5.74, 6) is 4.46. The Kier molecular flexibility index (Phi) is 4.53. The van der Waals surface area contributed by atoms with Crippen molar-refractivity contribution in [3.05, 3.63) is 0 Å². The molecule has 2 unspecified atom stereocenters. The van der Waals surface area contributed by atoms with Gasteiger partial charge >= 0.3 is 0 Å². The van der Waals surface area contributed by atoms with Gasteiger partial charge in [-0.3, -0.25) is 0 Å². The fourth-order valence-corrected chi connectivity index (χ4v) is 0.540. The van der Waals surface area contributed by atoms with Crippen LogP contribution in [0.15, 0.2) is 0 Å². The molecule has 0 saturated carbocycles. The lowest BCUT2D eigenvalue weighted by Gasteiger charge is -2.06. The first-order valence-corrected chi connectivity index (χ1v) is 3.18. The van der Waals surface area contributed by atoms with Crippen LogP contribution in [0.25, 0.3) is 0 Å². The predicted octanol–water partition coefficient (Wildman–Crippen LogP) is 0.781. The van der Waals surface area contributed by atoms with Crippen molar-refractivity contribution in [1.29, 1.82) is 0 Å². The highest BCUT2D eigenvalue weighted by molar-refractivity contribution is 7.81. The maximum absolute atomic E-state index is 4.92. The van der Waals surface area contributed by atoms with E-state index >= 15 is 0 Å². The van der Waals surface area contributed by atoms with Crippen molar-refractivity contribution >= 4 is 25.3 Å². The zero-order valence-electron chi connectivity index (χ0n) is 4.61. The molecule has 0 radical (unpaired) electrons. The van der Waals surface area contributed by atoms with E-state index in [-0.39, 0.29) is 0 Å². The first kappa shape index (κ1) is 8.78. The summed E-state index contributed by atoms with van der Waals surface area (Å²) in [6.07, 6.45) is 9.84. The van der Waals surface area contributed by atoms with Gasteiger partial charge in [-0.25, -0.2) is 0 Å². The minimum atomic E-state index is -0.566. The van der Waals surface area contributed by atoms with Gasteiger partial charge in [-0.2, -0.15) is 0 Å². The Balaban J connectivity index is 3.53. The smallest absolute Gasteiger partial charge is 0.164 e. The summed E-state index contributed by atoms with van der Waals surface area (Å²) in [6, 6.07) is 0. The predicted molar refractivity (Wildman–Crippen MR) is 44.3 cm³/mol. The second-order valence-electron chi connectivity index (χ2n) is 1.17. The van der Waals surface area contributed by atoms with Crippen molar-refractivity contribution in [2.75, 3.05) is 0 Å². The van der Waals surface area contributed by atoms with Gasteiger partial charge in [-0.15, -0.1) is 38.1 Å². The molecule has 0 aliphatic heterocycles. The molecule has 0 amide bonds. The summed E-state index contributed by atoms with van der Waals surface area (Å²) in [6.45, 7) is 0. The minimum Gasteiger partial charge on any atom is -0.331 e. The largest absolute Gasteiger partial charge is 0.331 e. The summed E-state index contributed by atoms with van der Waals surface area (Å²) in [4.78, 5) is 0. The van der Waals surface area contributed by atoms with Crippen LogP contribution in [0.5, 0.6) is 0 Å². The SMILES string of the molecule is C#CC(S)OC(S)C#C. The maximum Gasteiger partial charge on any atom is 0.164 e. The summed E-state index contributed by atoms with van der Waals surface area (Å²) >= 11 is 7.64. The van der Waals surface area contributed by atoms with E-state index in [1.165, 1.54) is 0 Å². The molecule has 9 heavy (non-hydrogen) atoms. The van der Waals surface area contributed by atoms with Crippen LogP contribution in [0, 0.1) is 24.7 Å². The van der Waals surface area contributed by atoms with Crippen molar-refractivity contribution in [3.8, 4) is 24.7 Å². The van der Waals surface area contributed by atoms with Crippen LogP contribution in [-0.2, 0) is 4.74 Å².